The highest BCUT2D eigenvalue weighted by Crippen LogP contribution is 2.41. The summed E-state index contributed by atoms with van der Waals surface area (Å²) < 4.78 is 11.5. The summed E-state index contributed by atoms with van der Waals surface area (Å²) >= 11 is 0. The van der Waals surface area contributed by atoms with Gasteiger partial charge in [0, 0.05) is 29.9 Å². The minimum absolute atomic E-state index is 0.789. The van der Waals surface area contributed by atoms with Crippen molar-refractivity contribution in [3.63, 3.8) is 0 Å². The van der Waals surface area contributed by atoms with Crippen molar-refractivity contribution in [2.24, 2.45) is 0 Å². The summed E-state index contributed by atoms with van der Waals surface area (Å²) in [5.41, 5.74) is 9.46. The molecule has 0 N–H and O–H groups in total. The number of nitrogens with zero attached hydrogens (tertiary/aromatic N) is 2. The molecular weight excluding hydrogens is 504 g/mol. The fraction of sp³-hybridized carbons (Fsp3) is 0.216. The van der Waals surface area contributed by atoms with Gasteiger partial charge in [0.15, 0.2) is 0 Å². The molecule has 0 aliphatic rings. The van der Waals surface area contributed by atoms with E-state index >= 15 is 0 Å². The van der Waals surface area contributed by atoms with Crippen molar-refractivity contribution < 1.29 is 9.47 Å². The van der Waals surface area contributed by atoms with Gasteiger partial charge in [0.25, 0.3) is 0 Å². The zero-order chi connectivity index (χ0) is 28.6. The number of methoxy groups -OCH3 is 2. The Hall–Kier alpha value is -4.57. The SMILES string of the molecule is CCCN(CCC)c1ccc(-c2ccccc2)c(-c2cc(-c3ccccc3OC)nc(-c3ccccc3OC)c2)c1. The first-order chi connectivity index (χ1) is 20.2. The Kier molecular flexibility index (Phi) is 9.00. The topological polar surface area (TPSA) is 34.6 Å². The molecule has 4 heteroatoms. The van der Waals surface area contributed by atoms with Crippen molar-refractivity contribution >= 4 is 5.69 Å². The molecule has 208 valence electrons. The average Bonchev–Trinajstić information content (AvgIpc) is 3.04. The Balaban J connectivity index is 1.80. The maximum atomic E-state index is 5.76. The van der Waals surface area contributed by atoms with Gasteiger partial charge in [-0.1, -0.05) is 74.5 Å². The fourth-order valence-electron chi connectivity index (χ4n) is 5.42. The second kappa shape index (κ2) is 13.2. The first-order valence-electron chi connectivity index (χ1n) is 14.4. The van der Waals surface area contributed by atoms with Crippen LogP contribution in [0, 0.1) is 0 Å². The van der Waals surface area contributed by atoms with Gasteiger partial charge in [-0.05, 0) is 83.6 Å². The third kappa shape index (κ3) is 6.12. The first-order valence-corrected chi connectivity index (χ1v) is 14.4. The lowest BCUT2D eigenvalue weighted by molar-refractivity contribution is 0.416. The van der Waals surface area contributed by atoms with Crippen molar-refractivity contribution in [3.8, 4) is 56.3 Å². The van der Waals surface area contributed by atoms with E-state index in [2.05, 4.69) is 91.5 Å². The molecule has 0 aliphatic heterocycles. The third-order valence-corrected chi connectivity index (χ3v) is 7.34. The maximum Gasteiger partial charge on any atom is 0.128 e. The molecule has 0 radical (unpaired) electrons. The summed E-state index contributed by atoms with van der Waals surface area (Å²) in [7, 11) is 3.41. The lowest BCUT2D eigenvalue weighted by atomic mass is 9.92. The molecule has 0 fully saturated rings. The molecule has 1 heterocycles. The van der Waals surface area contributed by atoms with E-state index in [0.29, 0.717) is 0 Å². The Morgan fingerprint density at radius 2 is 1.07 bits per heavy atom. The molecule has 4 nitrogen and oxygen atoms in total. The summed E-state index contributed by atoms with van der Waals surface area (Å²) in [4.78, 5) is 7.65. The molecule has 1 aromatic heterocycles. The highest BCUT2D eigenvalue weighted by atomic mass is 16.5. The van der Waals surface area contributed by atoms with Gasteiger partial charge in [0.1, 0.15) is 11.5 Å². The Bertz CT molecular complexity index is 1520. The minimum Gasteiger partial charge on any atom is -0.496 e. The quantitative estimate of drug-likeness (QED) is 0.166. The number of rotatable bonds is 11. The van der Waals surface area contributed by atoms with Crippen molar-refractivity contribution in [3.05, 3.63) is 109 Å². The van der Waals surface area contributed by atoms with E-state index in [-0.39, 0.29) is 0 Å². The number of anilines is 1. The minimum atomic E-state index is 0.789. The Morgan fingerprint density at radius 1 is 0.537 bits per heavy atom. The number of ether oxygens (including phenoxy) is 2. The normalized spacial score (nSPS) is 10.8. The second-order valence-electron chi connectivity index (χ2n) is 10.1. The van der Waals surface area contributed by atoms with Crippen LogP contribution in [0.2, 0.25) is 0 Å². The predicted octanol–water partition coefficient (Wildman–Crippen LogP) is 9.39. The number of benzene rings is 4. The molecule has 0 saturated heterocycles. The first kappa shape index (κ1) is 28.0. The third-order valence-electron chi connectivity index (χ3n) is 7.34. The molecule has 5 aromatic rings. The van der Waals surface area contributed by atoms with Crippen molar-refractivity contribution in [1.82, 2.24) is 4.98 Å². The number of aromatic nitrogens is 1. The van der Waals surface area contributed by atoms with Crippen LogP contribution in [0.3, 0.4) is 0 Å². The van der Waals surface area contributed by atoms with Gasteiger partial charge in [0.2, 0.25) is 0 Å². The van der Waals surface area contributed by atoms with Gasteiger partial charge in [-0.15, -0.1) is 0 Å². The zero-order valence-corrected chi connectivity index (χ0v) is 24.4. The van der Waals surface area contributed by atoms with E-state index in [1.54, 1.807) is 14.2 Å². The van der Waals surface area contributed by atoms with Crippen molar-refractivity contribution in [2.45, 2.75) is 26.7 Å². The smallest absolute Gasteiger partial charge is 0.128 e. The van der Waals surface area contributed by atoms with Crippen LogP contribution < -0.4 is 14.4 Å². The molecule has 4 aromatic carbocycles. The summed E-state index contributed by atoms with van der Waals surface area (Å²) in [5, 5.41) is 0. The van der Waals surface area contributed by atoms with Gasteiger partial charge in [-0.3, -0.25) is 0 Å². The summed E-state index contributed by atoms with van der Waals surface area (Å²) in [6, 6.07) is 38.0. The van der Waals surface area contributed by atoms with E-state index in [0.717, 1.165) is 65.5 Å². The van der Waals surface area contributed by atoms with Crippen LogP contribution in [0.5, 0.6) is 11.5 Å². The van der Waals surface area contributed by atoms with E-state index in [9.17, 15) is 0 Å². The molecule has 0 bridgehead atoms. The van der Waals surface area contributed by atoms with Crippen molar-refractivity contribution in [2.75, 3.05) is 32.2 Å². The number of para-hydroxylation sites is 2. The van der Waals surface area contributed by atoms with E-state index < -0.39 is 0 Å². The molecule has 0 atom stereocenters. The molecular formula is C37H38N2O2. The molecule has 0 unspecified atom stereocenters. The summed E-state index contributed by atoms with van der Waals surface area (Å²) in [6.45, 7) is 6.52. The second-order valence-corrected chi connectivity index (χ2v) is 10.1. The number of pyridine rings is 1. The number of hydrogen-bond donors (Lipinski definition) is 0. The van der Waals surface area contributed by atoms with E-state index in [4.69, 9.17) is 14.5 Å². The largest absolute Gasteiger partial charge is 0.496 e. The van der Waals surface area contributed by atoms with Gasteiger partial charge in [0.05, 0.1) is 25.6 Å². The molecule has 0 spiro atoms. The fourth-order valence-corrected chi connectivity index (χ4v) is 5.42. The van der Waals surface area contributed by atoms with Crippen LogP contribution >= 0.6 is 0 Å². The van der Waals surface area contributed by atoms with Crippen LogP contribution in [0.1, 0.15) is 26.7 Å². The molecule has 0 amide bonds. The average molecular weight is 543 g/mol. The van der Waals surface area contributed by atoms with E-state index in [1.807, 2.05) is 36.4 Å². The molecule has 0 aliphatic carbocycles. The zero-order valence-electron chi connectivity index (χ0n) is 24.4. The highest BCUT2D eigenvalue weighted by molar-refractivity contribution is 5.89. The van der Waals surface area contributed by atoms with Gasteiger partial charge < -0.3 is 14.4 Å². The van der Waals surface area contributed by atoms with E-state index in [1.165, 1.54) is 22.4 Å². The predicted molar refractivity (Wildman–Crippen MR) is 172 cm³/mol. The monoisotopic (exact) mass is 542 g/mol. The number of hydrogen-bond acceptors (Lipinski definition) is 4. The lowest BCUT2D eigenvalue weighted by Crippen LogP contribution is -2.24. The van der Waals surface area contributed by atoms with Crippen LogP contribution in [0.15, 0.2) is 109 Å². The summed E-state index contributed by atoms with van der Waals surface area (Å²) in [6.07, 6.45) is 2.20. The lowest BCUT2D eigenvalue weighted by Gasteiger charge is -2.25. The van der Waals surface area contributed by atoms with Gasteiger partial charge in [-0.25, -0.2) is 4.98 Å². The van der Waals surface area contributed by atoms with Gasteiger partial charge >= 0.3 is 0 Å². The molecule has 41 heavy (non-hydrogen) atoms. The van der Waals surface area contributed by atoms with Crippen LogP contribution in [-0.2, 0) is 0 Å². The maximum absolute atomic E-state index is 5.76. The summed E-state index contributed by atoms with van der Waals surface area (Å²) in [5.74, 6) is 1.58. The molecule has 5 rings (SSSR count). The highest BCUT2D eigenvalue weighted by Gasteiger charge is 2.18. The van der Waals surface area contributed by atoms with Crippen LogP contribution in [-0.4, -0.2) is 32.3 Å². The standard InChI is InChI=1S/C37H38N2O2/c1-5-22-39(23-6-2)29-20-21-30(27-14-8-7-9-15-27)33(26-29)28-24-34(31-16-10-12-18-36(31)40-3)38-35(25-28)32-17-11-13-19-37(32)41-4/h7-21,24-26H,5-6,22-23H2,1-4H3. The van der Waals surface area contributed by atoms with Gasteiger partial charge in [-0.2, -0.15) is 0 Å². The Labute approximate surface area is 244 Å². The van der Waals surface area contributed by atoms with Crippen molar-refractivity contribution in [1.29, 1.82) is 0 Å². The Morgan fingerprint density at radius 3 is 1.61 bits per heavy atom. The molecule has 0 saturated carbocycles. The van der Waals surface area contributed by atoms with Crippen LogP contribution in [0.25, 0.3) is 44.8 Å². The van der Waals surface area contributed by atoms with Crippen LogP contribution in [0.4, 0.5) is 5.69 Å².